The van der Waals surface area contributed by atoms with Crippen LogP contribution in [0.25, 0.3) is 0 Å². The molecule has 0 unspecified atom stereocenters. The maximum absolute atomic E-state index is 11.5. The molecular formula is C19H25N5O4. The lowest BCUT2D eigenvalue weighted by Crippen LogP contribution is -2.48. The van der Waals surface area contributed by atoms with Crippen LogP contribution in [-0.2, 0) is 4.79 Å². The van der Waals surface area contributed by atoms with Crippen LogP contribution in [0.2, 0.25) is 0 Å². The van der Waals surface area contributed by atoms with Crippen molar-refractivity contribution in [1.29, 1.82) is 0 Å². The highest BCUT2D eigenvalue weighted by atomic mass is 16.5. The van der Waals surface area contributed by atoms with Crippen molar-refractivity contribution in [3.63, 3.8) is 0 Å². The van der Waals surface area contributed by atoms with Crippen molar-refractivity contribution in [1.82, 2.24) is 14.9 Å². The summed E-state index contributed by atoms with van der Waals surface area (Å²) in [6.45, 7) is 4.33. The molecule has 1 aliphatic rings. The Kier molecular flexibility index (Phi) is 6.03. The van der Waals surface area contributed by atoms with Gasteiger partial charge in [0, 0.05) is 57.1 Å². The molecule has 28 heavy (non-hydrogen) atoms. The van der Waals surface area contributed by atoms with E-state index in [1.54, 1.807) is 40.5 Å². The molecule has 0 radical (unpaired) electrons. The number of rotatable bonds is 6. The van der Waals surface area contributed by atoms with Gasteiger partial charge in [-0.1, -0.05) is 0 Å². The van der Waals surface area contributed by atoms with E-state index in [1.165, 1.54) is 0 Å². The molecule has 0 aliphatic carbocycles. The lowest BCUT2D eigenvalue weighted by Gasteiger charge is -2.34. The Morgan fingerprint density at radius 1 is 1.04 bits per heavy atom. The van der Waals surface area contributed by atoms with E-state index in [0.29, 0.717) is 55.2 Å². The molecule has 1 saturated heterocycles. The number of carbonyl (C=O) groups is 1. The van der Waals surface area contributed by atoms with Crippen molar-refractivity contribution < 1.29 is 19.0 Å². The number of hydrogen-bond donors (Lipinski definition) is 1. The van der Waals surface area contributed by atoms with Gasteiger partial charge < -0.3 is 29.3 Å². The first-order valence-electron chi connectivity index (χ1n) is 8.96. The third-order valence-corrected chi connectivity index (χ3v) is 4.59. The van der Waals surface area contributed by atoms with Gasteiger partial charge in [-0.05, 0) is 6.07 Å². The summed E-state index contributed by atoms with van der Waals surface area (Å²) in [7, 11) is 4.71. The van der Waals surface area contributed by atoms with Crippen molar-refractivity contribution in [2.75, 3.05) is 57.7 Å². The smallest absolute Gasteiger partial charge is 0.227 e. The summed E-state index contributed by atoms with van der Waals surface area (Å²) < 4.78 is 16.1. The molecule has 1 amide bonds. The number of anilines is 3. The van der Waals surface area contributed by atoms with Crippen molar-refractivity contribution in [3.05, 3.63) is 24.4 Å². The minimum absolute atomic E-state index is 0.0957. The molecule has 3 rings (SSSR count). The summed E-state index contributed by atoms with van der Waals surface area (Å²) in [5, 5.41) is 3.25. The Hall–Kier alpha value is -3.23. The van der Waals surface area contributed by atoms with Gasteiger partial charge in [0.25, 0.3) is 0 Å². The van der Waals surface area contributed by atoms with E-state index >= 15 is 0 Å². The Bertz CT molecular complexity index is 812. The number of benzene rings is 1. The van der Waals surface area contributed by atoms with Gasteiger partial charge in [0.05, 0.1) is 21.3 Å². The first kappa shape index (κ1) is 19.5. The molecule has 0 spiro atoms. The molecule has 1 aliphatic heterocycles. The lowest BCUT2D eigenvalue weighted by atomic mass is 10.2. The summed E-state index contributed by atoms with van der Waals surface area (Å²) in [5.74, 6) is 3.01. The molecule has 0 atom stereocenters. The SMILES string of the molecule is COc1cc(Nc2ccnc(N3CCN(C(C)=O)CC3)n2)cc(OC)c1OC. The molecule has 9 nitrogen and oxygen atoms in total. The van der Waals surface area contributed by atoms with Gasteiger partial charge in [0.15, 0.2) is 11.5 Å². The first-order chi connectivity index (χ1) is 13.5. The third-order valence-electron chi connectivity index (χ3n) is 4.59. The number of aromatic nitrogens is 2. The second-order valence-electron chi connectivity index (χ2n) is 6.27. The maximum atomic E-state index is 11.5. The van der Waals surface area contributed by atoms with Crippen LogP contribution in [-0.4, -0.2) is 68.3 Å². The predicted molar refractivity (Wildman–Crippen MR) is 106 cm³/mol. The quantitative estimate of drug-likeness (QED) is 0.804. The van der Waals surface area contributed by atoms with Gasteiger partial charge in [-0.15, -0.1) is 0 Å². The minimum Gasteiger partial charge on any atom is -0.493 e. The van der Waals surface area contributed by atoms with E-state index in [0.717, 1.165) is 5.69 Å². The Labute approximate surface area is 164 Å². The lowest BCUT2D eigenvalue weighted by molar-refractivity contribution is -0.129. The van der Waals surface area contributed by atoms with Gasteiger partial charge in [-0.25, -0.2) is 4.98 Å². The number of ether oxygens (including phenoxy) is 3. The van der Waals surface area contributed by atoms with E-state index in [9.17, 15) is 4.79 Å². The minimum atomic E-state index is 0.0957. The Morgan fingerprint density at radius 3 is 2.21 bits per heavy atom. The van der Waals surface area contributed by atoms with Gasteiger partial charge >= 0.3 is 0 Å². The fraction of sp³-hybridized carbons (Fsp3) is 0.421. The summed E-state index contributed by atoms with van der Waals surface area (Å²) in [6.07, 6.45) is 1.71. The zero-order valence-electron chi connectivity index (χ0n) is 16.6. The van der Waals surface area contributed by atoms with Gasteiger partial charge in [-0.2, -0.15) is 4.98 Å². The van der Waals surface area contributed by atoms with Crippen LogP contribution in [0.3, 0.4) is 0 Å². The highest BCUT2D eigenvalue weighted by Crippen LogP contribution is 2.40. The van der Waals surface area contributed by atoms with Gasteiger partial charge in [0.2, 0.25) is 17.6 Å². The van der Waals surface area contributed by atoms with Crippen LogP contribution in [0.1, 0.15) is 6.92 Å². The summed E-state index contributed by atoms with van der Waals surface area (Å²) in [5.41, 5.74) is 0.751. The average molecular weight is 387 g/mol. The summed E-state index contributed by atoms with van der Waals surface area (Å²) >= 11 is 0. The number of methoxy groups -OCH3 is 3. The van der Waals surface area contributed by atoms with Crippen LogP contribution >= 0.6 is 0 Å². The number of nitrogens with one attached hydrogen (secondary N) is 1. The molecule has 1 N–H and O–H groups in total. The zero-order chi connectivity index (χ0) is 20.1. The fourth-order valence-electron chi connectivity index (χ4n) is 3.09. The standard InChI is InChI=1S/C19H25N5O4/c1-13(25)23-7-9-24(10-8-23)19-20-6-5-17(22-19)21-14-11-15(26-2)18(28-4)16(12-14)27-3/h5-6,11-12H,7-10H2,1-4H3,(H,20,21,22). The van der Waals surface area contributed by atoms with E-state index in [-0.39, 0.29) is 5.91 Å². The highest BCUT2D eigenvalue weighted by molar-refractivity contribution is 5.73. The van der Waals surface area contributed by atoms with Crippen LogP contribution in [0.4, 0.5) is 17.5 Å². The molecule has 2 heterocycles. The van der Waals surface area contributed by atoms with Crippen LogP contribution < -0.4 is 24.4 Å². The molecule has 9 heteroatoms. The summed E-state index contributed by atoms with van der Waals surface area (Å²) in [6, 6.07) is 5.42. The number of nitrogens with zero attached hydrogens (tertiary/aromatic N) is 4. The molecule has 1 aromatic carbocycles. The summed E-state index contributed by atoms with van der Waals surface area (Å²) in [4.78, 5) is 24.4. The van der Waals surface area contributed by atoms with Crippen molar-refractivity contribution in [3.8, 4) is 17.2 Å². The molecular weight excluding hydrogens is 362 g/mol. The largest absolute Gasteiger partial charge is 0.493 e. The Morgan fingerprint density at radius 2 is 1.68 bits per heavy atom. The number of piperazine rings is 1. The van der Waals surface area contributed by atoms with Crippen molar-refractivity contribution in [2.45, 2.75) is 6.92 Å². The average Bonchev–Trinajstić information content (AvgIpc) is 2.73. The molecule has 0 bridgehead atoms. The molecule has 1 aromatic heterocycles. The first-order valence-corrected chi connectivity index (χ1v) is 8.96. The van der Waals surface area contributed by atoms with Crippen molar-refractivity contribution >= 4 is 23.4 Å². The topological polar surface area (TPSA) is 89.1 Å². The van der Waals surface area contributed by atoms with Gasteiger partial charge in [0.1, 0.15) is 5.82 Å². The predicted octanol–water partition coefficient (Wildman–Crippen LogP) is 1.91. The Balaban J connectivity index is 1.77. The molecule has 150 valence electrons. The highest BCUT2D eigenvalue weighted by Gasteiger charge is 2.20. The number of hydrogen-bond acceptors (Lipinski definition) is 8. The van der Waals surface area contributed by atoms with Crippen LogP contribution in [0, 0.1) is 0 Å². The normalized spacial score (nSPS) is 13.9. The fourth-order valence-corrected chi connectivity index (χ4v) is 3.09. The number of amides is 1. The molecule has 0 saturated carbocycles. The second kappa shape index (κ2) is 8.64. The molecule has 2 aromatic rings. The third kappa shape index (κ3) is 4.19. The second-order valence-corrected chi connectivity index (χ2v) is 6.27. The zero-order valence-corrected chi connectivity index (χ0v) is 16.6. The van der Waals surface area contributed by atoms with E-state index < -0.39 is 0 Å². The monoisotopic (exact) mass is 387 g/mol. The van der Waals surface area contributed by atoms with Crippen LogP contribution in [0.15, 0.2) is 24.4 Å². The number of carbonyl (C=O) groups excluding carboxylic acids is 1. The molecule has 1 fully saturated rings. The van der Waals surface area contributed by atoms with Crippen LogP contribution in [0.5, 0.6) is 17.2 Å². The van der Waals surface area contributed by atoms with E-state index in [4.69, 9.17) is 14.2 Å². The van der Waals surface area contributed by atoms with E-state index in [1.807, 2.05) is 17.0 Å². The van der Waals surface area contributed by atoms with Crippen molar-refractivity contribution in [2.24, 2.45) is 0 Å². The maximum Gasteiger partial charge on any atom is 0.227 e. The van der Waals surface area contributed by atoms with E-state index in [2.05, 4.69) is 20.2 Å². The van der Waals surface area contributed by atoms with Gasteiger partial charge in [-0.3, -0.25) is 4.79 Å².